The maximum absolute atomic E-state index is 10.5. The van der Waals surface area contributed by atoms with Gasteiger partial charge in [-0.1, -0.05) is 27.5 Å². The Balaban J connectivity index is 2.82. The van der Waals surface area contributed by atoms with Crippen LogP contribution in [0.4, 0.5) is 0 Å². The first-order chi connectivity index (χ1) is 6.70. The molecule has 5 heteroatoms. The van der Waals surface area contributed by atoms with E-state index in [0.29, 0.717) is 17.0 Å². The van der Waals surface area contributed by atoms with Crippen molar-refractivity contribution in [1.82, 2.24) is 9.97 Å². The van der Waals surface area contributed by atoms with E-state index in [-0.39, 0.29) is 5.82 Å². The van der Waals surface area contributed by atoms with Crippen molar-refractivity contribution in [2.24, 2.45) is 0 Å². The summed E-state index contributed by atoms with van der Waals surface area (Å²) in [5, 5.41) is 1.02. The summed E-state index contributed by atoms with van der Waals surface area (Å²) in [6, 6.07) is 5.42. The van der Waals surface area contributed by atoms with Gasteiger partial charge in [-0.25, -0.2) is 9.97 Å². The summed E-state index contributed by atoms with van der Waals surface area (Å²) in [4.78, 5) is 18.3. The normalized spacial score (nSPS) is 10.4. The molecule has 0 bridgehead atoms. The number of carbonyl (C=O) groups is 1. The van der Waals surface area contributed by atoms with Crippen LogP contribution in [-0.2, 0) is 0 Å². The van der Waals surface area contributed by atoms with Gasteiger partial charge in [0.2, 0.25) is 0 Å². The van der Waals surface area contributed by atoms with Crippen LogP contribution in [0.15, 0.2) is 22.7 Å². The zero-order valence-corrected chi connectivity index (χ0v) is 9.21. The second-order valence-electron chi connectivity index (χ2n) is 2.65. The molecule has 0 spiro atoms. The van der Waals surface area contributed by atoms with Crippen molar-refractivity contribution >= 4 is 44.7 Å². The Morgan fingerprint density at radius 3 is 2.86 bits per heavy atom. The molecule has 3 nitrogen and oxygen atoms in total. The Hall–Kier alpha value is -1.00. The third-order valence-electron chi connectivity index (χ3n) is 1.73. The summed E-state index contributed by atoms with van der Waals surface area (Å²) in [5.74, 6) is 0.102. The van der Waals surface area contributed by atoms with Crippen LogP contribution in [0.2, 0.25) is 5.15 Å². The first kappa shape index (κ1) is 9.55. The SMILES string of the molecule is O=Cc1nc(Cl)c2cc(Br)ccc2n1. The Bertz CT molecular complexity index is 515. The highest BCUT2D eigenvalue weighted by atomic mass is 79.9. The number of aromatic nitrogens is 2. The number of nitrogens with zero attached hydrogens (tertiary/aromatic N) is 2. The van der Waals surface area contributed by atoms with Gasteiger partial charge in [-0.05, 0) is 18.2 Å². The molecular formula is C9H4BrClN2O. The molecule has 70 valence electrons. The van der Waals surface area contributed by atoms with Crippen LogP contribution in [0.3, 0.4) is 0 Å². The largest absolute Gasteiger partial charge is 0.294 e. The van der Waals surface area contributed by atoms with Crippen molar-refractivity contribution in [3.63, 3.8) is 0 Å². The fourth-order valence-corrected chi connectivity index (χ4v) is 1.73. The average molecular weight is 272 g/mol. The van der Waals surface area contributed by atoms with Gasteiger partial charge in [-0.15, -0.1) is 0 Å². The number of hydrogen-bond acceptors (Lipinski definition) is 3. The molecule has 0 N–H and O–H groups in total. The third-order valence-corrected chi connectivity index (χ3v) is 2.52. The molecule has 0 atom stereocenters. The molecule has 14 heavy (non-hydrogen) atoms. The zero-order valence-electron chi connectivity index (χ0n) is 6.87. The summed E-state index contributed by atoms with van der Waals surface area (Å²) in [6.07, 6.45) is 0.577. The van der Waals surface area contributed by atoms with Gasteiger partial charge in [0, 0.05) is 9.86 Å². The minimum Gasteiger partial charge on any atom is -0.294 e. The van der Waals surface area contributed by atoms with E-state index in [2.05, 4.69) is 25.9 Å². The topological polar surface area (TPSA) is 42.9 Å². The van der Waals surface area contributed by atoms with Crippen LogP contribution in [0.1, 0.15) is 10.6 Å². The van der Waals surface area contributed by atoms with Crippen molar-refractivity contribution in [1.29, 1.82) is 0 Å². The van der Waals surface area contributed by atoms with Gasteiger partial charge in [0.05, 0.1) is 5.52 Å². The maximum Gasteiger partial charge on any atom is 0.194 e. The highest BCUT2D eigenvalue weighted by Gasteiger charge is 2.05. The van der Waals surface area contributed by atoms with Crippen molar-refractivity contribution in [2.45, 2.75) is 0 Å². The van der Waals surface area contributed by atoms with Crippen LogP contribution in [0, 0.1) is 0 Å². The molecule has 0 saturated heterocycles. The lowest BCUT2D eigenvalue weighted by Crippen LogP contribution is -1.94. The second-order valence-corrected chi connectivity index (χ2v) is 3.93. The number of aldehydes is 1. The van der Waals surface area contributed by atoms with Crippen molar-refractivity contribution in [3.05, 3.63) is 33.6 Å². The molecule has 0 fully saturated rings. The van der Waals surface area contributed by atoms with Crippen LogP contribution >= 0.6 is 27.5 Å². The van der Waals surface area contributed by atoms with Gasteiger partial charge < -0.3 is 0 Å². The lowest BCUT2D eigenvalue weighted by molar-refractivity contribution is 0.111. The van der Waals surface area contributed by atoms with E-state index in [1.54, 1.807) is 6.07 Å². The maximum atomic E-state index is 10.5. The highest BCUT2D eigenvalue weighted by Crippen LogP contribution is 2.23. The quantitative estimate of drug-likeness (QED) is 0.592. The van der Waals surface area contributed by atoms with Gasteiger partial charge in [-0.2, -0.15) is 0 Å². The predicted octanol–water partition coefficient (Wildman–Crippen LogP) is 2.86. The van der Waals surface area contributed by atoms with E-state index in [0.717, 1.165) is 9.86 Å². The molecule has 0 unspecified atom stereocenters. The first-order valence-corrected chi connectivity index (χ1v) is 4.96. The van der Waals surface area contributed by atoms with Gasteiger partial charge >= 0.3 is 0 Å². The molecule has 0 saturated carbocycles. The van der Waals surface area contributed by atoms with Crippen molar-refractivity contribution < 1.29 is 4.79 Å². The Labute approximate surface area is 93.2 Å². The van der Waals surface area contributed by atoms with Crippen LogP contribution in [0.5, 0.6) is 0 Å². The molecule has 1 aromatic heterocycles. The second kappa shape index (κ2) is 3.63. The highest BCUT2D eigenvalue weighted by molar-refractivity contribution is 9.10. The predicted molar refractivity (Wildman–Crippen MR) is 57.6 cm³/mol. The lowest BCUT2D eigenvalue weighted by Gasteiger charge is -2.00. The van der Waals surface area contributed by atoms with Crippen molar-refractivity contribution in [2.75, 3.05) is 0 Å². The number of rotatable bonds is 1. The van der Waals surface area contributed by atoms with E-state index in [1.807, 2.05) is 12.1 Å². The summed E-state index contributed by atoms with van der Waals surface area (Å²) in [5.41, 5.74) is 0.662. The van der Waals surface area contributed by atoms with E-state index >= 15 is 0 Å². The van der Waals surface area contributed by atoms with Crippen molar-refractivity contribution in [3.8, 4) is 0 Å². The zero-order chi connectivity index (χ0) is 10.1. The fourth-order valence-electron chi connectivity index (χ4n) is 1.13. The molecule has 1 heterocycles. The van der Waals surface area contributed by atoms with E-state index in [4.69, 9.17) is 11.6 Å². The van der Waals surface area contributed by atoms with Gasteiger partial charge in [0.1, 0.15) is 5.15 Å². The summed E-state index contributed by atoms with van der Waals surface area (Å²) >= 11 is 9.20. The molecule has 1 aromatic carbocycles. The van der Waals surface area contributed by atoms with E-state index < -0.39 is 0 Å². The van der Waals surface area contributed by atoms with E-state index in [1.165, 1.54) is 0 Å². The Morgan fingerprint density at radius 1 is 1.36 bits per heavy atom. The van der Waals surface area contributed by atoms with Gasteiger partial charge in [0.15, 0.2) is 12.1 Å². The smallest absolute Gasteiger partial charge is 0.194 e. The molecule has 2 aromatic rings. The molecule has 0 amide bonds. The third kappa shape index (κ3) is 1.63. The Morgan fingerprint density at radius 2 is 2.14 bits per heavy atom. The number of benzene rings is 1. The molecule has 0 aliphatic heterocycles. The fraction of sp³-hybridized carbons (Fsp3) is 0. The van der Waals surface area contributed by atoms with Gasteiger partial charge in [0.25, 0.3) is 0 Å². The summed E-state index contributed by atoms with van der Waals surface area (Å²) in [7, 11) is 0. The summed E-state index contributed by atoms with van der Waals surface area (Å²) in [6.45, 7) is 0. The minimum absolute atomic E-state index is 0.102. The average Bonchev–Trinajstić information content (AvgIpc) is 2.19. The number of fused-ring (bicyclic) bond motifs is 1. The number of carbonyl (C=O) groups excluding carboxylic acids is 1. The Kier molecular flexibility index (Phi) is 2.48. The molecule has 0 aliphatic rings. The summed E-state index contributed by atoms with van der Waals surface area (Å²) < 4.78 is 0.898. The van der Waals surface area contributed by atoms with Crippen LogP contribution in [0.25, 0.3) is 10.9 Å². The standard InChI is InChI=1S/C9H4BrClN2O/c10-5-1-2-7-6(3-5)9(11)13-8(4-14)12-7/h1-4H. The van der Waals surface area contributed by atoms with Gasteiger partial charge in [-0.3, -0.25) is 4.79 Å². The van der Waals surface area contributed by atoms with Crippen LogP contribution in [-0.4, -0.2) is 16.3 Å². The minimum atomic E-state index is 0.102. The molecular weight excluding hydrogens is 267 g/mol. The first-order valence-electron chi connectivity index (χ1n) is 3.78. The number of hydrogen-bond donors (Lipinski definition) is 0. The molecule has 2 rings (SSSR count). The van der Waals surface area contributed by atoms with Crippen LogP contribution < -0.4 is 0 Å². The van der Waals surface area contributed by atoms with E-state index in [9.17, 15) is 4.79 Å². The molecule has 0 radical (unpaired) electrons. The monoisotopic (exact) mass is 270 g/mol. The lowest BCUT2D eigenvalue weighted by atomic mass is 10.2. The molecule has 0 aliphatic carbocycles. The number of halogens is 2.